The van der Waals surface area contributed by atoms with Crippen LogP contribution in [0.4, 0.5) is 11.6 Å². The lowest BCUT2D eigenvalue weighted by molar-refractivity contribution is 0.0904. The second kappa shape index (κ2) is 22.6. The molecule has 17 heteroatoms. The van der Waals surface area contributed by atoms with Crippen LogP contribution in [-0.4, -0.2) is 148 Å². The number of pyridine rings is 1. The Morgan fingerprint density at radius 1 is 0.746 bits per heavy atom. The van der Waals surface area contributed by atoms with Crippen molar-refractivity contribution in [1.29, 1.82) is 0 Å². The standard InChI is InChI=1S/C50H64N12O5/c1-33-48(45-26-46(54-38-16-22-65-23-17-38)57-49(56-45)36-8-6-10-42(24-36)66-30-40(63)28-51-3)34(2)62(59-33)32-61-20-14-39(15-21-61)60(5)47-27-44(35-12-18-53-19-13-35)55-50(58-47)37-9-7-11-43(25-37)67-31-41(64)29-52-4/h6-13,18-19,24-27,38-41,51-52,63-64H,14-17,20-23,28-32H2,1-5H3,(H,54,56,57). The average molecular weight is 913 g/mol. The number of likely N-dealkylation sites (N-methyl/N-ethyl adjacent to an activating group) is 2. The number of likely N-dealkylation sites (tertiary alicyclic amines) is 1. The Balaban J connectivity index is 0.986. The van der Waals surface area contributed by atoms with Crippen LogP contribution >= 0.6 is 0 Å². The van der Waals surface area contributed by atoms with Gasteiger partial charge in [0.2, 0.25) is 0 Å². The lowest BCUT2D eigenvalue weighted by Crippen LogP contribution is -2.44. The topological polar surface area (TPSA) is 193 Å². The van der Waals surface area contributed by atoms with Gasteiger partial charge in [0.1, 0.15) is 48.6 Å². The zero-order chi connectivity index (χ0) is 46.7. The highest BCUT2D eigenvalue weighted by molar-refractivity contribution is 5.72. The van der Waals surface area contributed by atoms with E-state index < -0.39 is 12.2 Å². The molecule has 67 heavy (non-hydrogen) atoms. The molecule has 6 aromatic rings. The van der Waals surface area contributed by atoms with Crippen molar-refractivity contribution in [2.75, 3.05) is 84.0 Å². The van der Waals surface area contributed by atoms with E-state index in [4.69, 9.17) is 39.2 Å². The van der Waals surface area contributed by atoms with Gasteiger partial charge in [0.05, 0.1) is 23.8 Å². The molecule has 2 unspecified atom stereocenters. The molecule has 354 valence electrons. The molecule has 2 saturated heterocycles. The third kappa shape index (κ3) is 12.3. The minimum Gasteiger partial charge on any atom is -0.491 e. The first-order valence-electron chi connectivity index (χ1n) is 23.3. The summed E-state index contributed by atoms with van der Waals surface area (Å²) in [6.07, 6.45) is 5.99. The predicted molar refractivity (Wildman–Crippen MR) is 260 cm³/mol. The summed E-state index contributed by atoms with van der Waals surface area (Å²) in [5, 5.41) is 35.2. The Bertz CT molecular complexity index is 2530. The molecule has 8 rings (SSSR count). The molecule has 0 spiro atoms. The summed E-state index contributed by atoms with van der Waals surface area (Å²) in [5.74, 6) is 4.04. The molecule has 2 atom stereocenters. The van der Waals surface area contributed by atoms with Crippen LogP contribution in [0.1, 0.15) is 37.1 Å². The third-order valence-corrected chi connectivity index (χ3v) is 12.4. The van der Waals surface area contributed by atoms with E-state index in [2.05, 4.69) is 55.5 Å². The number of aryl methyl sites for hydroxylation is 1. The third-order valence-electron chi connectivity index (χ3n) is 12.4. The second-order valence-electron chi connectivity index (χ2n) is 17.4. The molecular weight excluding hydrogens is 849 g/mol. The summed E-state index contributed by atoms with van der Waals surface area (Å²) in [7, 11) is 5.72. The lowest BCUT2D eigenvalue weighted by atomic mass is 10.0. The van der Waals surface area contributed by atoms with Crippen molar-refractivity contribution in [1.82, 2.24) is 50.2 Å². The summed E-state index contributed by atoms with van der Waals surface area (Å²) in [4.78, 5) is 29.3. The number of nitrogens with zero attached hydrogens (tertiary/aromatic N) is 9. The molecule has 4 aromatic heterocycles. The van der Waals surface area contributed by atoms with E-state index in [1.807, 2.05) is 73.7 Å². The maximum atomic E-state index is 10.3. The number of piperidine rings is 1. The molecule has 17 nitrogen and oxygen atoms in total. The summed E-state index contributed by atoms with van der Waals surface area (Å²) in [6.45, 7) is 9.25. The van der Waals surface area contributed by atoms with Crippen LogP contribution in [0.15, 0.2) is 85.2 Å². The first-order valence-corrected chi connectivity index (χ1v) is 23.3. The normalized spacial score (nSPS) is 15.9. The quantitative estimate of drug-likeness (QED) is 0.0670. The second-order valence-corrected chi connectivity index (χ2v) is 17.4. The van der Waals surface area contributed by atoms with Crippen molar-refractivity contribution in [3.05, 3.63) is 96.6 Å². The number of hydrogen-bond donors (Lipinski definition) is 5. The van der Waals surface area contributed by atoms with Gasteiger partial charge < -0.3 is 45.3 Å². The van der Waals surface area contributed by atoms with Crippen LogP contribution in [0.3, 0.4) is 0 Å². The van der Waals surface area contributed by atoms with E-state index in [0.29, 0.717) is 56.1 Å². The fourth-order valence-electron chi connectivity index (χ4n) is 8.70. The molecule has 6 heterocycles. The smallest absolute Gasteiger partial charge is 0.162 e. The molecule has 2 aliphatic heterocycles. The van der Waals surface area contributed by atoms with Gasteiger partial charge in [0, 0.05) is 111 Å². The van der Waals surface area contributed by atoms with Gasteiger partial charge in [0.25, 0.3) is 0 Å². The average Bonchev–Trinajstić information content (AvgIpc) is 3.64. The van der Waals surface area contributed by atoms with E-state index in [-0.39, 0.29) is 25.3 Å². The first-order chi connectivity index (χ1) is 32.6. The summed E-state index contributed by atoms with van der Waals surface area (Å²) in [5.41, 5.74) is 7.13. The van der Waals surface area contributed by atoms with Gasteiger partial charge >= 0.3 is 0 Å². The number of hydrogen-bond acceptors (Lipinski definition) is 16. The fourth-order valence-corrected chi connectivity index (χ4v) is 8.70. The number of ether oxygens (including phenoxy) is 3. The van der Waals surface area contributed by atoms with Gasteiger partial charge in [-0.15, -0.1) is 0 Å². The predicted octanol–water partition coefficient (Wildman–Crippen LogP) is 5.21. The molecule has 0 saturated carbocycles. The minimum absolute atomic E-state index is 0.169. The summed E-state index contributed by atoms with van der Waals surface area (Å²) < 4.78 is 19.6. The molecule has 2 aliphatic rings. The largest absolute Gasteiger partial charge is 0.491 e. The zero-order valence-corrected chi connectivity index (χ0v) is 39.2. The minimum atomic E-state index is -0.628. The van der Waals surface area contributed by atoms with Gasteiger partial charge in [-0.1, -0.05) is 24.3 Å². The van der Waals surface area contributed by atoms with Crippen LogP contribution in [-0.2, 0) is 11.4 Å². The highest BCUT2D eigenvalue weighted by Crippen LogP contribution is 2.33. The molecule has 2 aromatic carbocycles. The molecule has 0 amide bonds. The van der Waals surface area contributed by atoms with E-state index >= 15 is 0 Å². The van der Waals surface area contributed by atoms with Gasteiger partial charge in [-0.05, 0) is 90.0 Å². The highest BCUT2D eigenvalue weighted by atomic mass is 16.5. The van der Waals surface area contributed by atoms with Crippen molar-refractivity contribution in [3.8, 4) is 56.8 Å². The number of benzene rings is 2. The zero-order valence-electron chi connectivity index (χ0n) is 39.2. The number of anilines is 2. The van der Waals surface area contributed by atoms with Crippen LogP contribution in [0.5, 0.6) is 11.5 Å². The van der Waals surface area contributed by atoms with Crippen LogP contribution in [0.25, 0.3) is 45.3 Å². The Morgan fingerprint density at radius 3 is 1.99 bits per heavy atom. The van der Waals surface area contributed by atoms with E-state index in [1.54, 1.807) is 26.5 Å². The number of nitrogens with one attached hydrogen (secondary N) is 3. The Labute approximate surface area is 393 Å². The fraction of sp³-hybridized carbons (Fsp3) is 0.440. The van der Waals surface area contributed by atoms with Crippen molar-refractivity contribution in [2.45, 2.75) is 70.5 Å². The molecule has 0 bridgehead atoms. The maximum absolute atomic E-state index is 10.3. The van der Waals surface area contributed by atoms with Gasteiger partial charge in [-0.25, -0.2) is 19.9 Å². The molecule has 0 radical (unpaired) electrons. The lowest BCUT2D eigenvalue weighted by Gasteiger charge is -2.37. The SMILES string of the molecule is CNCC(O)COc1cccc(-c2nc(NC3CCOCC3)cc(-c3c(C)nn(CN4CCC(N(C)c5cc(-c6ccncc6)nc(-c6cccc(OCC(O)CNC)c6)n5)CC4)c3C)n2)c1. The van der Waals surface area contributed by atoms with Crippen molar-refractivity contribution < 1.29 is 24.4 Å². The van der Waals surface area contributed by atoms with Crippen molar-refractivity contribution >= 4 is 11.6 Å². The molecule has 2 fully saturated rings. The van der Waals surface area contributed by atoms with E-state index in [9.17, 15) is 10.2 Å². The Kier molecular flexibility index (Phi) is 16.0. The van der Waals surface area contributed by atoms with Crippen LogP contribution in [0, 0.1) is 13.8 Å². The Morgan fingerprint density at radius 2 is 1.36 bits per heavy atom. The van der Waals surface area contributed by atoms with E-state index in [1.165, 1.54) is 0 Å². The molecule has 0 aliphatic carbocycles. The monoisotopic (exact) mass is 913 g/mol. The van der Waals surface area contributed by atoms with Crippen molar-refractivity contribution in [3.63, 3.8) is 0 Å². The molecular formula is C50H64N12O5. The number of aromatic nitrogens is 7. The summed E-state index contributed by atoms with van der Waals surface area (Å²) in [6, 6.07) is 23.9. The van der Waals surface area contributed by atoms with Gasteiger partial charge in [-0.3, -0.25) is 14.6 Å². The maximum Gasteiger partial charge on any atom is 0.162 e. The number of aliphatic hydroxyl groups excluding tert-OH is 2. The number of aliphatic hydroxyl groups is 2. The summed E-state index contributed by atoms with van der Waals surface area (Å²) >= 11 is 0. The highest BCUT2D eigenvalue weighted by Gasteiger charge is 2.27. The first kappa shape index (κ1) is 47.4. The molecule has 5 N–H and O–H groups in total. The Hall–Kier alpha value is -6.08. The van der Waals surface area contributed by atoms with Gasteiger partial charge in [0.15, 0.2) is 11.6 Å². The van der Waals surface area contributed by atoms with Crippen LogP contribution in [0.2, 0.25) is 0 Å². The van der Waals surface area contributed by atoms with Crippen molar-refractivity contribution in [2.24, 2.45) is 0 Å². The van der Waals surface area contributed by atoms with Crippen LogP contribution < -0.4 is 30.3 Å². The van der Waals surface area contributed by atoms with E-state index in [0.717, 1.165) is 95.4 Å². The number of rotatable bonds is 20. The van der Waals surface area contributed by atoms with Gasteiger partial charge in [-0.2, -0.15) is 5.10 Å².